The molecule has 1 atom stereocenters. The molecule has 9 nitrogen and oxygen atoms in total. The Morgan fingerprint density at radius 2 is 1.80 bits per heavy atom. The topological polar surface area (TPSA) is 105 Å². The molecule has 2 aromatic carbocycles. The predicted molar refractivity (Wildman–Crippen MR) is 136 cm³/mol. The summed E-state index contributed by atoms with van der Waals surface area (Å²) in [4.78, 5) is 27.7. The number of nitrogens with one attached hydrogen (secondary N) is 1. The van der Waals surface area contributed by atoms with Gasteiger partial charge in [-0.1, -0.05) is 36.8 Å². The number of ether oxygens (including phenoxy) is 2. The van der Waals surface area contributed by atoms with Crippen LogP contribution < -0.4 is 19.1 Å². The molecule has 0 saturated carbocycles. The van der Waals surface area contributed by atoms with E-state index in [1.165, 1.54) is 25.2 Å². The number of amides is 2. The van der Waals surface area contributed by atoms with Gasteiger partial charge < -0.3 is 19.7 Å². The van der Waals surface area contributed by atoms with Crippen LogP contribution in [0.4, 0.5) is 5.69 Å². The highest BCUT2D eigenvalue weighted by Gasteiger charge is 2.31. The number of hydrogen-bond donors (Lipinski definition) is 1. The minimum absolute atomic E-state index is 0.151. The van der Waals surface area contributed by atoms with Crippen LogP contribution in [0.15, 0.2) is 42.5 Å². The maximum atomic E-state index is 13.6. The average Bonchev–Trinajstić information content (AvgIpc) is 2.82. The molecule has 192 valence electrons. The number of carbonyl (C=O) groups excluding carboxylic acids is 2. The largest absolute Gasteiger partial charge is 0.497 e. The Morgan fingerprint density at radius 3 is 2.37 bits per heavy atom. The molecule has 0 heterocycles. The number of rotatable bonds is 12. The van der Waals surface area contributed by atoms with E-state index in [2.05, 4.69) is 5.32 Å². The number of benzene rings is 2. The van der Waals surface area contributed by atoms with Gasteiger partial charge in [0.1, 0.15) is 24.1 Å². The Kier molecular flexibility index (Phi) is 9.94. The molecule has 0 spiro atoms. The van der Waals surface area contributed by atoms with E-state index in [-0.39, 0.29) is 23.9 Å². The maximum Gasteiger partial charge on any atom is 0.244 e. The van der Waals surface area contributed by atoms with Crippen molar-refractivity contribution < 1.29 is 27.5 Å². The molecule has 0 radical (unpaired) electrons. The molecule has 0 aliphatic heterocycles. The van der Waals surface area contributed by atoms with Crippen molar-refractivity contribution in [2.45, 2.75) is 39.8 Å². The SMILES string of the molecule is CCCNC(=O)C(C)N(Cc1cccc(C)c1)C(=O)CN(c1ccc(OC)cc1OC)S(C)(=O)=O. The molecular formula is C25H35N3O6S. The van der Waals surface area contributed by atoms with Gasteiger partial charge in [0.05, 0.1) is 26.2 Å². The minimum Gasteiger partial charge on any atom is -0.497 e. The third kappa shape index (κ3) is 7.61. The Balaban J connectivity index is 2.44. The fourth-order valence-corrected chi connectivity index (χ4v) is 4.42. The Morgan fingerprint density at radius 1 is 1.09 bits per heavy atom. The van der Waals surface area contributed by atoms with Gasteiger partial charge in [-0.2, -0.15) is 0 Å². The highest BCUT2D eigenvalue weighted by atomic mass is 32.2. The van der Waals surface area contributed by atoms with E-state index >= 15 is 0 Å². The summed E-state index contributed by atoms with van der Waals surface area (Å²) >= 11 is 0. The van der Waals surface area contributed by atoms with Crippen LogP contribution in [0.25, 0.3) is 0 Å². The van der Waals surface area contributed by atoms with Crippen LogP contribution in [0, 0.1) is 6.92 Å². The molecule has 2 rings (SSSR count). The maximum absolute atomic E-state index is 13.6. The van der Waals surface area contributed by atoms with Crippen molar-refractivity contribution in [1.82, 2.24) is 10.2 Å². The first-order chi connectivity index (χ1) is 16.5. The van der Waals surface area contributed by atoms with E-state index in [1.807, 2.05) is 38.1 Å². The molecule has 0 saturated heterocycles. The zero-order chi connectivity index (χ0) is 26.2. The predicted octanol–water partition coefficient (Wildman–Crippen LogP) is 2.72. The van der Waals surface area contributed by atoms with Crippen LogP contribution in [0.3, 0.4) is 0 Å². The molecule has 10 heteroatoms. The van der Waals surface area contributed by atoms with Gasteiger partial charge in [-0.05, 0) is 38.0 Å². The lowest BCUT2D eigenvalue weighted by molar-refractivity contribution is -0.139. The van der Waals surface area contributed by atoms with Gasteiger partial charge in [-0.15, -0.1) is 0 Å². The van der Waals surface area contributed by atoms with Crippen LogP contribution >= 0.6 is 0 Å². The van der Waals surface area contributed by atoms with Crippen molar-refractivity contribution >= 4 is 27.5 Å². The average molecular weight is 506 g/mol. The monoisotopic (exact) mass is 505 g/mol. The van der Waals surface area contributed by atoms with Crippen molar-refractivity contribution in [3.63, 3.8) is 0 Å². The Hall–Kier alpha value is -3.27. The number of nitrogens with zero attached hydrogens (tertiary/aromatic N) is 2. The van der Waals surface area contributed by atoms with E-state index in [9.17, 15) is 18.0 Å². The highest BCUT2D eigenvalue weighted by Crippen LogP contribution is 2.33. The summed E-state index contributed by atoms with van der Waals surface area (Å²) in [7, 11) is -0.980. The lowest BCUT2D eigenvalue weighted by Crippen LogP contribution is -2.51. The van der Waals surface area contributed by atoms with Crippen LogP contribution in [0.2, 0.25) is 0 Å². The lowest BCUT2D eigenvalue weighted by Gasteiger charge is -2.32. The molecule has 1 N–H and O–H groups in total. The van der Waals surface area contributed by atoms with Crippen molar-refractivity contribution in [3.8, 4) is 11.5 Å². The van der Waals surface area contributed by atoms with Crippen molar-refractivity contribution in [1.29, 1.82) is 0 Å². The quantitative estimate of drug-likeness (QED) is 0.476. The smallest absolute Gasteiger partial charge is 0.244 e. The Bertz CT molecular complexity index is 1140. The summed E-state index contributed by atoms with van der Waals surface area (Å²) in [5, 5.41) is 2.81. The zero-order valence-corrected chi connectivity index (χ0v) is 22.0. The molecule has 0 aliphatic rings. The normalized spacial score (nSPS) is 11.9. The van der Waals surface area contributed by atoms with Crippen LogP contribution in [0.5, 0.6) is 11.5 Å². The molecule has 35 heavy (non-hydrogen) atoms. The summed E-state index contributed by atoms with van der Waals surface area (Å²) in [6.45, 7) is 5.64. The second kappa shape index (κ2) is 12.4. The van der Waals surface area contributed by atoms with Gasteiger partial charge in [-0.25, -0.2) is 8.42 Å². The minimum atomic E-state index is -3.87. The van der Waals surface area contributed by atoms with Crippen LogP contribution in [0.1, 0.15) is 31.4 Å². The molecule has 0 aromatic heterocycles. The number of anilines is 1. The van der Waals surface area contributed by atoms with Gasteiger partial charge in [-0.3, -0.25) is 13.9 Å². The molecule has 0 fully saturated rings. The summed E-state index contributed by atoms with van der Waals surface area (Å²) in [6, 6.07) is 11.5. The van der Waals surface area contributed by atoms with Crippen molar-refractivity contribution in [3.05, 3.63) is 53.6 Å². The van der Waals surface area contributed by atoms with Gasteiger partial charge in [0, 0.05) is 19.2 Å². The summed E-state index contributed by atoms with van der Waals surface area (Å²) in [5.41, 5.74) is 2.04. The number of aryl methyl sites for hydroxylation is 1. The standard InChI is InChI=1S/C25H35N3O6S/c1-7-13-26-25(30)19(3)27(16-20-10-8-9-18(2)14-20)24(29)17-28(35(6,31)32)22-12-11-21(33-4)15-23(22)34-5/h8-12,14-15,19H,7,13,16-17H2,1-6H3,(H,26,30). The number of hydrogen-bond acceptors (Lipinski definition) is 6. The first-order valence-electron chi connectivity index (χ1n) is 11.3. The molecule has 0 bridgehead atoms. The van der Waals surface area contributed by atoms with Crippen molar-refractivity contribution in [2.75, 3.05) is 37.9 Å². The summed E-state index contributed by atoms with van der Waals surface area (Å²) in [6.07, 6.45) is 1.77. The van der Waals surface area contributed by atoms with Crippen LogP contribution in [-0.4, -0.2) is 64.7 Å². The second-order valence-electron chi connectivity index (χ2n) is 8.29. The molecule has 2 amide bonds. The number of carbonyl (C=O) groups is 2. The third-order valence-corrected chi connectivity index (χ3v) is 6.61. The summed E-state index contributed by atoms with van der Waals surface area (Å²) in [5.74, 6) is -0.107. The Labute approximate surface area is 208 Å². The van der Waals surface area contributed by atoms with E-state index in [1.54, 1.807) is 19.1 Å². The van der Waals surface area contributed by atoms with E-state index in [0.717, 1.165) is 28.1 Å². The molecule has 0 aliphatic carbocycles. The highest BCUT2D eigenvalue weighted by molar-refractivity contribution is 7.92. The first-order valence-corrected chi connectivity index (χ1v) is 13.2. The third-order valence-electron chi connectivity index (χ3n) is 5.49. The van der Waals surface area contributed by atoms with E-state index < -0.39 is 28.5 Å². The van der Waals surface area contributed by atoms with Crippen molar-refractivity contribution in [2.24, 2.45) is 0 Å². The fourth-order valence-electron chi connectivity index (χ4n) is 3.57. The number of methoxy groups -OCH3 is 2. The van der Waals surface area contributed by atoms with E-state index in [4.69, 9.17) is 9.47 Å². The van der Waals surface area contributed by atoms with Gasteiger partial charge in [0.15, 0.2) is 0 Å². The molecular weight excluding hydrogens is 470 g/mol. The first kappa shape index (κ1) is 28.0. The second-order valence-corrected chi connectivity index (χ2v) is 10.2. The zero-order valence-electron chi connectivity index (χ0n) is 21.2. The molecule has 1 unspecified atom stereocenters. The molecule has 2 aromatic rings. The van der Waals surface area contributed by atoms with E-state index in [0.29, 0.717) is 12.3 Å². The van der Waals surface area contributed by atoms with Gasteiger partial charge in [0.2, 0.25) is 21.8 Å². The number of sulfonamides is 1. The van der Waals surface area contributed by atoms with Gasteiger partial charge >= 0.3 is 0 Å². The fraction of sp³-hybridized carbons (Fsp3) is 0.440. The summed E-state index contributed by atoms with van der Waals surface area (Å²) < 4.78 is 37.0. The van der Waals surface area contributed by atoms with Crippen LogP contribution in [-0.2, 0) is 26.2 Å². The lowest BCUT2D eigenvalue weighted by atomic mass is 10.1. The van der Waals surface area contributed by atoms with Gasteiger partial charge in [0.25, 0.3) is 0 Å².